The van der Waals surface area contributed by atoms with E-state index in [2.05, 4.69) is 25.7 Å². The summed E-state index contributed by atoms with van der Waals surface area (Å²) >= 11 is 0. The number of nitrogens with two attached hydrogens (primary N) is 1. The second kappa shape index (κ2) is 5.71. The van der Waals surface area contributed by atoms with Crippen molar-refractivity contribution in [3.63, 3.8) is 0 Å². The van der Waals surface area contributed by atoms with Crippen molar-refractivity contribution in [3.05, 3.63) is 0 Å². The fourth-order valence-corrected chi connectivity index (χ4v) is 3.93. The second-order valence-electron chi connectivity index (χ2n) is 6.58. The summed E-state index contributed by atoms with van der Waals surface area (Å²) in [6.45, 7) is 9.45. The molecule has 1 aliphatic carbocycles. The second-order valence-corrected chi connectivity index (χ2v) is 6.58. The standard InChI is InChI=1S/C15H30N2/c1-11-6-7-14(10-16)15(9-11)17-8-4-5-12(2)13(17)3/h11-15H,4-10,16H2,1-3H3. The summed E-state index contributed by atoms with van der Waals surface area (Å²) in [6, 6.07) is 1.52. The normalized spacial score (nSPS) is 44.8. The molecule has 0 radical (unpaired) electrons. The van der Waals surface area contributed by atoms with Gasteiger partial charge in [0.25, 0.3) is 0 Å². The lowest BCUT2D eigenvalue weighted by Gasteiger charge is -2.48. The van der Waals surface area contributed by atoms with Gasteiger partial charge in [-0.15, -0.1) is 0 Å². The molecule has 2 N–H and O–H groups in total. The van der Waals surface area contributed by atoms with Crippen molar-refractivity contribution in [1.82, 2.24) is 4.90 Å². The summed E-state index contributed by atoms with van der Waals surface area (Å²) in [5.74, 6) is 2.51. The molecular weight excluding hydrogens is 208 g/mol. The SMILES string of the molecule is CC1CCC(CN)C(N2CCCC(C)C2C)C1. The summed E-state index contributed by atoms with van der Waals surface area (Å²) < 4.78 is 0. The third-order valence-electron chi connectivity index (χ3n) is 5.37. The van der Waals surface area contributed by atoms with Crippen LogP contribution >= 0.6 is 0 Å². The number of hydrogen-bond acceptors (Lipinski definition) is 2. The predicted octanol–water partition coefficient (Wildman–Crippen LogP) is 2.87. The van der Waals surface area contributed by atoms with Crippen LogP contribution in [0, 0.1) is 17.8 Å². The average molecular weight is 238 g/mol. The van der Waals surface area contributed by atoms with Gasteiger partial charge in [0, 0.05) is 12.1 Å². The Morgan fingerprint density at radius 1 is 1.12 bits per heavy atom. The minimum absolute atomic E-state index is 0.749. The van der Waals surface area contributed by atoms with Gasteiger partial charge in [-0.3, -0.25) is 4.90 Å². The highest BCUT2D eigenvalue weighted by Gasteiger charge is 2.36. The Labute approximate surface area is 107 Å². The number of likely N-dealkylation sites (tertiary alicyclic amines) is 1. The Bertz CT molecular complexity index is 241. The summed E-state index contributed by atoms with van der Waals surface area (Å²) in [6.07, 6.45) is 6.90. The number of rotatable bonds is 2. The maximum atomic E-state index is 6.00. The molecule has 0 amide bonds. The molecule has 1 saturated heterocycles. The van der Waals surface area contributed by atoms with Crippen molar-refractivity contribution in [2.75, 3.05) is 13.1 Å². The topological polar surface area (TPSA) is 29.3 Å². The summed E-state index contributed by atoms with van der Waals surface area (Å²) in [5, 5.41) is 0. The largest absolute Gasteiger partial charge is 0.330 e. The van der Waals surface area contributed by atoms with Gasteiger partial charge in [0.2, 0.25) is 0 Å². The minimum atomic E-state index is 0.749. The first-order valence-corrected chi connectivity index (χ1v) is 7.59. The van der Waals surface area contributed by atoms with Crippen LogP contribution in [-0.2, 0) is 0 Å². The maximum Gasteiger partial charge on any atom is 0.0141 e. The van der Waals surface area contributed by atoms with E-state index < -0.39 is 0 Å². The Kier molecular flexibility index (Phi) is 4.48. The summed E-state index contributed by atoms with van der Waals surface area (Å²) in [4.78, 5) is 2.79. The molecule has 100 valence electrons. The quantitative estimate of drug-likeness (QED) is 0.801. The number of piperidine rings is 1. The Morgan fingerprint density at radius 3 is 2.59 bits per heavy atom. The summed E-state index contributed by atoms with van der Waals surface area (Å²) in [7, 11) is 0. The highest BCUT2D eigenvalue weighted by Crippen LogP contribution is 2.36. The first kappa shape index (κ1) is 13.4. The van der Waals surface area contributed by atoms with E-state index >= 15 is 0 Å². The molecule has 0 bridgehead atoms. The first-order valence-electron chi connectivity index (χ1n) is 7.59. The van der Waals surface area contributed by atoms with Gasteiger partial charge in [0.15, 0.2) is 0 Å². The molecule has 1 saturated carbocycles. The van der Waals surface area contributed by atoms with Gasteiger partial charge in [0.05, 0.1) is 0 Å². The van der Waals surface area contributed by atoms with Gasteiger partial charge >= 0.3 is 0 Å². The van der Waals surface area contributed by atoms with Crippen LogP contribution in [0.2, 0.25) is 0 Å². The molecular formula is C15H30N2. The van der Waals surface area contributed by atoms with E-state index in [0.717, 1.165) is 36.4 Å². The average Bonchev–Trinajstić information content (AvgIpc) is 2.33. The van der Waals surface area contributed by atoms with E-state index in [0.29, 0.717) is 0 Å². The van der Waals surface area contributed by atoms with Crippen molar-refractivity contribution >= 4 is 0 Å². The third-order valence-corrected chi connectivity index (χ3v) is 5.37. The van der Waals surface area contributed by atoms with E-state index in [1.807, 2.05) is 0 Å². The molecule has 0 aromatic carbocycles. The lowest BCUT2D eigenvalue weighted by Crippen LogP contribution is -2.54. The van der Waals surface area contributed by atoms with Crippen LogP contribution in [0.4, 0.5) is 0 Å². The predicted molar refractivity (Wildman–Crippen MR) is 73.9 cm³/mol. The van der Waals surface area contributed by atoms with E-state index in [1.165, 1.54) is 38.6 Å². The molecule has 1 heterocycles. The van der Waals surface area contributed by atoms with Gasteiger partial charge in [0.1, 0.15) is 0 Å². The highest BCUT2D eigenvalue weighted by atomic mass is 15.2. The molecule has 0 aromatic rings. The lowest BCUT2D eigenvalue weighted by molar-refractivity contribution is 0.0125. The van der Waals surface area contributed by atoms with Crippen molar-refractivity contribution in [2.24, 2.45) is 23.5 Å². The molecule has 17 heavy (non-hydrogen) atoms. The third kappa shape index (κ3) is 2.85. The van der Waals surface area contributed by atoms with Crippen molar-refractivity contribution in [3.8, 4) is 0 Å². The van der Waals surface area contributed by atoms with Crippen molar-refractivity contribution < 1.29 is 0 Å². The Balaban J connectivity index is 2.06. The monoisotopic (exact) mass is 238 g/mol. The van der Waals surface area contributed by atoms with Crippen LogP contribution in [0.5, 0.6) is 0 Å². The van der Waals surface area contributed by atoms with Crippen LogP contribution < -0.4 is 5.73 Å². The smallest absolute Gasteiger partial charge is 0.0141 e. The Morgan fingerprint density at radius 2 is 1.88 bits per heavy atom. The Hall–Kier alpha value is -0.0800. The molecule has 2 heteroatoms. The van der Waals surface area contributed by atoms with Crippen molar-refractivity contribution in [2.45, 2.75) is 65.0 Å². The zero-order chi connectivity index (χ0) is 12.4. The van der Waals surface area contributed by atoms with Gasteiger partial charge in [-0.25, -0.2) is 0 Å². The van der Waals surface area contributed by atoms with E-state index in [4.69, 9.17) is 5.73 Å². The van der Waals surface area contributed by atoms with Gasteiger partial charge in [-0.05, 0) is 63.5 Å². The zero-order valence-corrected chi connectivity index (χ0v) is 11.9. The van der Waals surface area contributed by atoms with Crippen LogP contribution in [-0.4, -0.2) is 30.1 Å². The molecule has 2 rings (SSSR count). The van der Waals surface area contributed by atoms with Crippen LogP contribution in [0.15, 0.2) is 0 Å². The van der Waals surface area contributed by atoms with E-state index in [1.54, 1.807) is 0 Å². The molecule has 2 nitrogen and oxygen atoms in total. The van der Waals surface area contributed by atoms with Crippen molar-refractivity contribution in [1.29, 1.82) is 0 Å². The van der Waals surface area contributed by atoms with Gasteiger partial charge in [-0.1, -0.05) is 20.3 Å². The highest BCUT2D eigenvalue weighted by molar-refractivity contribution is 4.91. The molecule has 5 unspecified atom stereocenters. The van der Waals surface area contributed by atoms with Gasteiger partial charge < -0.3 is 5.73 Å². The number of hydrogen-bond donors (Lipinski definition) is 1. The first-order chi connectivity index (χ1) is 8.13. The molecule has 0 spiro atoms. The lowest BCUT2D eigenvalue weighted by atomic mass is 9.76. The minimum Gasteiger partial charge on any atom is -0.330 e. The maximum absolute atomic E-state index is 6.00. The zero-order valence-electron chi connectivity index (χ0n) is 11.9. The molecule has 1 aliphatic heterocycles. The summed E-state index contributed by atoms with van der Waals surface area (Å²) in [5.41, 5.74) is 6.00. The molecule has 5 atom stereocenters. The molecule has 2 aliphatic rings. The van der Waals surface area contributed by atoms with Crippen LogP contribution in [0.3, 0.4) is 0 Å². The van der Waals surface area contributed by atoms with Crippen LogP contribution in [0.25, 0.3) is 0 Å². The fourth-order valence-electron chi connectivity index (χ4n) is 3.93. The van der Waals surface area contributed by atoms with E-state index in [-0.39, 0.29) is 0 Å². The van der Waals surface area contributed by atoms with E-state index in [9.17, 15) is 0 Å². The van der Waals surface area contributed by atoms with Crippen LogP contribution in [0.1, 0.15) is 52.9 Å². The molecule has 2 fully saturated rings. The fraction of sp³-hybridized carbons (Fsp3) is 1.00. The number of nitrogens with zero attached hydrogens (tertiary/aromatic N) is 1. The molecule has 0 aromatic heterocycles. The van der Waals surface area contributed by atoms with Gasteiger partial charge in [-0.2, -0.15) is 0 Å².